The molecule has 424 valence electrons. The molecule has 0 aromatic heterocycles. The van der Waals surface area contributed by atoms with E-state index < -0.39 is 6.10 Å². The van der Waals surface area contributed by atoms with Crippen LogP contribution < -0.4 is 0 Å². The quantitative estimate of drug-likeness (QED) is 0.0261. The fourth-order valence-corrected chi connectivity index (χ4v) is 9.19. The van der Waals surface area contributed by atoms with Gasteiger partial charge in [0.15, 0.2) is 6.10 Å². The van der Waals surface area contributed by atoms with Gasteiger partial charge < -0.3 is 14.2 Å². The molecule has 0 aliphatic heterocycles. The van der Waals surface area contributed by atoms with Crippen molar-refractivity contribution < 1.29 is 28.6 Å². The minimum absolute atomic E-state index is 0.0801. The Balaban J connectivity index is 4.39. The first-order valence-corrected chi connectivity index (χ1v) is 31.8. The summed E-state index contributed by atoms with van der Waals surface area (Å²) in [6.07, 6.45) is 77.9. The molecule has 0 saturated heterocycles. The topological polar surface area (TPSA) is 78.9 Å². The molecule has 1 atom stereocenters. The van der Waals surface area contributed by atoms with Crippen LogP contribution in [0.4, 0.5) is 0 Å². The van der Waals surface area contributed by atoms with Crippen molar-refractivity contribution >= 4 is 17.9 Å². The number of allylic oxidation sites excluding steroid dienone is 10. The molecule has 0 radical (unpaired) electrons. The molecule has 0 bridgehead atoms. The Morgan fingerprint density at radius 3 is 0.795 bits per heavy atom. The number of rotatable bonds is 58. The second-order valence-corrected chi connectivity index (χ2v) is 21.3. The third kappa shape index (κ3) is 59.9. The van der Waals surface area contributed by atoms with Gasteiger partial charge in [0.25, 0.3) is 0 Å². The predicted octanol–water partition coefficient (Wildman–Crippen LogP) is 21.6. The minimum atomic E-state index is -0.785. The Labute approximate surface area is 453 Å². The summed E-state index contributed by atoms with van der Waals surface area (Å²) in [6, 6.07) is 0. The Bertz CT molecular complexity index is 1310. The molecule has 6 heteroatoms. The fraction of sp³-hybridized carbons (Fsp3) is 0.806. The Hall–Kier alpha value is -2.89. The van der Waals surface area contributed by atoms with Crippen LogP contribution in [0.2, 0.25) is 0 Å². The summed E-state index contributed by atoms with van der Waals surface area (Å²) in [7, 11) is 0. The lowest BCUT2D eigenvalue weighted by Crippen LogP contribution is -2.30. The van der Waals surface area contributed by atoms with Crippen LogP contribution in [0.25, 0.3) is 0 Å². The monoisotopic (exact) mass is 1020 g/mol. The highest BCUT2D eigenvalue weighted by Crippen LogP contribution is 2.17. The number of carbonyl (C=O) groups is 3. The number of hydrogen-bond acceptors (Lipinski definition) is 6. The first kappa shape index (κ1) is 70.1. The third-order valence-electron chi connectivity index (χ3n) is 14.0. The van der Waals surface area contributed by atoms with Crippen LogP contribution in [0.3, 0.4) is 0 Å². The van der Waals surface area contributed by atoms with Gasteiger partial charge >= 0.3 is 17.9 Å². The molecule has 0 spiro atoms. The maximum Gasteiger partial charge on any atom is 0.306 e. The van der Waals surface area contributed by atoms with Crippen molar-refractivity contribution in [3.63, 3.8) is 0 Å². The highest BCUT2D eigenvalue weighted by atomic mass is 16.6. The van der Waals surface area contributed by atoms with Crippen LogP contribution in [0.1, 0.15) is 329 Å². The van der Waals surface area contributed by atoms with Crippen LogP contribution in [-0.4, -0.2) is 37.2 Å². The summed E-state index contributed by atoms with van der Waals surface area (Å²) < 4.78 is 16.9. The Morgan fingerprint density at radius 2 is 0.493 bits per heavy atom. The molecule has 0 rings (SSSR count). The second-order valence-electron chi connectivity index (χ2n) is 21.3. The minimum Gasteiger partial charge on any atom is -0.462 e. The molecular weight excluding hydrogens is 901 g/mol. The van der Waals surface area contributed by atoms with Crippen LogP contribution in [0.5, 0.6) is 0 Å². The SMILES string of the molecule is CCCCC/C=C\C/C=C\C/C=C\CCCCCCC(=O)OC[C@H](COC(=O)CCCCCCCCCCCCCCCCCCCCC)OC(=O)CCCCCCCCCCC/C=C\C/C=C\CCCCC. The van der Waals surface area contributed by atoms with Gasteiger partial charge in [-0.3, -0.25) is 14.4 Å². The molecule has 73 heavy (non-hydrogen) atoms. The van der Waals surface area contributed by atoms with Gasteiger partial charge in [0.1, 0.15) is 13.2 Å². The highest BCUT2D eigenvalue weighted by Gasteiger charge is 2.19. The summed E-state index contributed by atoms with van der Waals surface area (Å²) >= 11 is 0. The van der Waals surface area contributed by atoms with E-state index in [0.717, 1.165) is 89.9 Å². The Kier molecular flexibility index (Phi) is 59.2. The molecule has 0 aromatic carbocycles. The predicted molar refractivity (Wildman–Crippen MR) is 316 cm³/mol. The highest BCUT2D eigenvalue weighted by molar-refractivity contribution is 5.71. The van der Waals surface area contributed by atoms with E-state index in [1.165, 1.54) is 199 Å². The van der Waals surface area contributed by atoms with Crippen LogP contribution in [0.15, 0.2) is 60.8 Å². The van der Waals surface area contributed by atoms with Crippen molar-refractivity contribution in [3.8, 4) is 0 Å². The van der Waals surface area contributed by atoms with E-state index in [2.05, 4.69) is 81.5 Å². The summed E-state index contributed by atoms with van der Waals surface area (Å²) in [4.78, 5) is 38.3. The zero-order valence-corrected chi connectivity index (χ0v) is 48.7. The lowest BCUT2D eigenvalue weighted by molar-refractivity contribution is -0.167. The lowest BCUT2D eigenvalue weighted by Gasteiger charge is -2.18. The van der Waals surface area contributed by atoms with Gasteiger partial charge in [-0.2, -0.15) is 0 Å². The maximum atomic E-state index is 12.9. The molecule has 0 aliphatic rings. The average molecular weight is 1020 g/mol. The molecule has 0 saturated carbocycles. The van der Waals surface area contributed by atoms with E-state index in [9.17, 15) is 14.4 Å². The zero-order chi connectivity index (χ0) is 52.9. The van der Waals surface area contributed by atoms with Crippen molar-refractivity contribution in [2.24, 2.45) is 0 Å². The van der Waals surface area contributed by atoms with E-state index in [1.54, 1.807) is 0 Å². The van der Waals surface area contributed by atoms with Crippen molar-refractivity contribution in [2.75, 3.05) is 13.2 Å². The largest absolute Gasteiger partial charge is 0.462 e. The molecule has 0 fully saturated rings. The number of carbonyl (C=O) groups excluding carboxylic acids is 3. The van der Waals surface area contributed by atoms with E-state index in [-0.39, 0.29) is 31.1 Å². The van der Waals surface area contributed by atoms with Crippen molar-refractivity contribution in [2.45, 2.75) is 335 Å². The maximum absolute atomic E-state index is 12.9. The normalized spacial score (nSPS) is 12.4. The molecule has 0 amide bonds. The van der Waals surface area contributed by atoms with Gasteiger partial charge in [0.2, 0.25) is 0 Å². The molecule has 0 aromatic rings. The lowest BCUT2D eigenvalue weighted by atomic mass is 10.0. The van der Waals surface area contributed by atoms with Crippen molar-refractivity contribution in [1.29, 1.82) is 0 Å². The molecule has 0 aliphatic carbocycles. The van der Waals surface area contributed by atoms with Gasteiger partial charge in [-0.15, -0.1) is 0 Å². The van der Waals surface area contributed by atoms with E-state index >= 15 is 0 Å². The fourth-order valence-electron chi connectivity index (χ4n) is 9.19. The number of ether oxygens (including phenoxy) is 3. The zero-order valence-electron chi connectivity index (χ0n) is 48.7. The number of esters is 3. The van der Waals surface area contributed by atoms with Crippen molar-refractivity contribution in [3.05, 3.63) is 60.8 Å². The smallest absolute Gasteiger partial charge is 0.306 e. The molecular formula is C67H120O6. The van der Waals surface area contributed by atoms with Gasteiger partial charge in [0, 0.05) is 19.3 Å². The molecule has 0 heterocycles. The van der Waals surface area contributed by atoms with Crippen LogP contribution >= 0.6 is 0 Å². The summed E-state index contributed by atoms with van der Waals surface area (Å²) in [6.45, 7) is 6.61. The standard InChI is InChI=1S/C67H120O6/c1-4-7-10-13-16-19-22-25-28-31-33-36-39-42-45-48-51-54-57-60-66(69)72-63-64(62-71-65(68)59-56-53-50-47-44-41-38-35-30-27-24-21-18-15-12-9-6-3)73-67(70)61-58-55-52-49-46-43-40-37-34-32-29-26-23-20-17-14-11-8-5-2/h17-18,20-21,26-27,29-30,38,41,64H,4-16,19,22-25,28,31-37,39-40,42-63H2,1-3H3/b20-17-,21-18-,29-26-,30-27-,41-38-/t64-/m1/s1. The first-order valence-electron chi connectivity index (χ1n) is 31.8. The summed E-state index contributed by atoms with van der Waals surface area (Å²) in [5, 5.41) is 0. The van der Waals surface area contributed by atoms with Gasteiger partial charge in [-0.25, -0.2) is 0 Å². The number of unbranched alkanes of at least 4 members (excludes halogenated alkanes) is 37. The molecule has 6 nitrogen and oxygen atoms in total. The van der Waals surface area contributed by atoms with E-state index in [4.69, 9.17) is 14.2 Å². The average Bonchev–Trinajstić information content (AvgIpc) is 3.39. The van der Waals surface area contributed by atoms with Crippen LogP contribution in [-0.2, 0) is 28.6 Å². The first-order chi connectivity index (χ1) is 36.0. The Morgan fingerprint density at radius 1 is 0.274 bits per heavy atom. The van der Waals surface area contributed by atoms with E-state index in [1.807, 2.05) is 0 Å². The third-order valence-corrected chi connectivity index (χ3v) is 14.0. The summed E-state index contributed by atoms with van der Waals surface area (Å²) in [5.41, 5.74) is 0. The molecule has 0 N–H and O–H groups in total. The second kappa shape index (κ2) is 61.7. The molecule has 0 unspecified atom stereocenters. The van der Waals surface area contributed by atoms with Crippen molar-refractivity contribution in [1.82, 2.24) is 0 Å². The summed E-state index contributed by atoms with van der Waals surface area (Å²) in [5.74, 6) is -0.888. The van der Waals surface area contributed by atoms with Crippen LogP contribution in [0, 0.1) is 0 Å². The van der Waals surface area contributed by atoms with Gasteiger partial charge in [-0.05, 0) is 89.9 Å². The van der Waals surface area contributed by atoms with Gasteiger partial charge in [0.05, 0.1) is 0 Å². The number of hydrogen-bond donors (Lipinski definition) is 0. The van der Waals surface area contributed by atoms with Gasteiger partial charge in [-0.1, -0.05) is 281 Å². The van der Waals surface area contributed by atoms with E-state index in [0.29, 0.717) is 19.3 Å².